The molecule has 0 radical (unpaired) electrons. The molecule has 1 aliphatic heterocycles. The maximum Gasteiger partial charge on any atom is 0.216 e. The van der Waals surface area contributed by atoms with Crippen LogP contribution in [0.15, 0.2) is 24.3 Å². The highest BCUT2D eigenvalue weighted by Gasteiger charge is 2.31. The predicted molar refractivity (Wildman–Crippen MR) is 84.9 cm³/mol. The number of ether oxygens (including phenoxy) is 1. The molecule has 118 valence electrons. The first-order valence-electron chi connectivity index (χ1n) is 7.25. The molecule has 1 heterocycles. The Kier molecular flexibility index (Phi) is 5.66. The smallest absolute Gasteiger partial charge is 0.216 e. The normalized spacial score (nSPS) is 20.9. The summed E-state index contributed by atoms with van der Waals surface area (Å²) in [5.41, 5.74) is 0.933. The predicted octanol–water partition coefficient (Wildman–Crippen LogP) is 3.06. The van der Waals surface area contributed by atoms with Crippen LogP contribution in [0.1, 0.15) is 32.3 Å². The van der Waals surface area contributed by atoms with Crippen molar-refractivity contribution >= 4 is 21.6 Å². The Morgan fingerprint density at radius 3 is 2.76 bits per heavy atom. The third-order valence-electron chi connectivity index (χ3n) is 3.73. The lowest BCUT2D eigenvalue weighted by Gasteiger charge is -2.33. The van der Waals surface area contributed by atoms with E-state index in [0.29, 0.717) is 24.7 Å². The maximum atomic E-state index is 12.2. The van der Waals surface area contributed by atoms with Crippen molar-refractivity contribution in [3.63, 3.8) is 0 Å². The fourth-order valence-corrected chi connectivity index (χ4v) is 3.94. The molecule has 0 saturated carbocycles. The summed E-state index contributed by atoms with van der Waals surface area (Å²) in [5, 5.41) is 0.291. The highest BCUT2D eigenvalue weighted by atomic mass is 35.5. The van der Waals surface area contributed by atoms with Crippen LogP contribution in [0.25, 0.3) is 0 Å². The molecule has 1 fully saturated rings. The van der Waals surface area contributed by atoms with Gasteiger partial charge in [0.05, 0.1) is 18.0 Å². The minimum atomic E-state index is -3.20. The largest absolute Gasteiger partial charge is 0.372 e. The highest BCUT2D eigenvalue weighted by Crippen LogP contribution is 2.22. The van der Waals surface area contributed by atoms with Gasteiger partial charge in [0.2, 0.25) is 10.0 Å². The molecule has 1 atom stereocenters. The van der Waals surface area contributed by atoms with E-state index in [0.717, 1.165) is 18.4 Å². The first-order chi connectivity index (χ1) is 9.91. The van der Waals surface area contributed by atoms with Crippen molar-refractivity contribution in [3.8, 4) is 0 Å². The topological polar surface area (TPSA) is 46.6 Å². The van der Waals surface area contributed by atoms with Gasteiger partial charge in [-0.1, -0.05) is 29.8 Å². The molecule has 0 amide bonds. The number of sulfonamides is 1. The molecular weight excluding hydrogens is 310 g/mol. The van der Waals surface area contributed by atoms with Crippen LogP contribution in [-0.4, -0.2) is 37.2 Å². The molecule has 1 aliphatic rings. The summed E-state index contributed by atoms with van der Waals surface area (Å²) in [5.74, 6) is 0. The lowest BCUT2D eigenvalue weighted by atomic mass is 10.1. The van der Waals surface area contributed by atoms with Crippen LogP contribution in [0, 0.1) is 0 Å². The van der Waals surface area contributed by atoms with E-state index in [-0.39, 0.29) is 11.4 Å². The van der Waals surface area contributed by atoms with E-state index in [2.05, 4.69) is 0 Å². The van der Waals surface area contributed by atoms with Gasteiger partial charge in [0.25, 0.3) is 0 Å². The van der Waals surface area contributed by atoms with Gasteiger partial charge in [0.1, 0.15) is 0 Å². The van der Waals surface area contributed by atoms with Crippen LogP contribution in [0.5, 0.6) is 0 Å². The Bertz CT molecular complexity index is 574. The van der Waals surface area contributed by atoms with E-state index in [4.69, 9.17) is 16.3 Å². The van der Waals surface area contributed by atoms with Gasteiger partial charge in [-0.05, 0) is 38.3 Å². The van der Waals surface area contributed by atoms with E-state index in [9.17, 15) is 8.42 Å². The molecule has 1 aromatic rings. The second-order valence-electron chi connectivity index (χ2n) is 5.62. The van der Waals surface area contributed by atoms with Crippen LogP contribution in [0.2, 0.25) is 5.02 Å². The van der Waals surface area contributed by atoms with Crippen molar-refractivity contribution in [1.82, 2.24) is 4.31 Å². The molecule has 6 heteroatoms. The zero-order valence-electron chi connectivity index (χ0n) is 12.5. The zero-order valence-corrected chi connectivity index (χ0v) is 14.0. The lowest BCUT2D eigenvalue weighted by molar-refractivity contribution is 0.00803. The van der Waals surface area contributed by atoms with Crippen molar-refractivity contribution in [2.24, 2.45) is 0 Å². The van der Waals surface area contributed by atoms with E-state index in [1.807, 2.05) is 24.3 Å². The quantitative estimate of drug-likeness (QED) is 0.833. The SMILES string of the molecule is CC(C)S(=O)(=O)N1CCCC(OCc2ccccc2Cl)C1. The molecule has 1 aromatic carbocycles. The number of nitrogens with zero attached hydrogens (tertiary/aromatic N) is 1. The lowest BCUT2D eigenvalue weighted by Crippen LogP contribution is -2.45. The van der Waals surface area contributed by atoms with E-state index in [1.54, 1.807) is 18.2 Å². The highest BCUT2D eigenvalue weighted by molar-refractivity contribution is 7.89. The van der Waals surface area contributed by atoms with Gasteiger partial charge in [0, 0.05) is 18.1 Å². The van der Waals surface area contributed by atoms with Gasteiger partial charge < -0.3 is 4.74 Å². The van der Waals surface area contributed by atoms with Crippen LogP contribution in [0.4, 0.5) is 0 Å². The molecule has 1 unspecified atom stereocenters. The molecule has 21 heavy (non-hydrogen) atoms. The number of hydrogen-bond donors (Lipinski definition) is 0. The first-order valence-corrected chi connectivity index (χ1v) is 9.13. The number of halogens is 1. The summed E-state index contributed by atoms with van der Waals surface area (Å²) in [6.45, 7) is 4.87. The maximum absolute atomic E-state index is 12.2. The Morgan fingerprint density at radius 1 is 1.38 bits per heavy atom. The summed E-state index contributed by atoms with van der Waals surface area (Å²) in [6, 6.07) is 7.55. The van der Waals surface area contributed by atoms with Gasteiger partial charge in [-0.2, -0.15) is 4.31 Å². The van der Waals surface area contributed by atoms with Crippen molar-refractivity contribution < 1.29 is 13.2 Å². The van der Waals surface area contributed by atoms with Gasteiger partial charge >= 0.3 is 0 Å². The number of piperidine rings is 1. The van der Waals surface area contributed by atoms with E-state index in [1.165, 1.54) is 0 Å². The second kappa shape index (κ2) is 7.09. The van der Waals surface area contributed by atoms with Crippen LogP contribution in [0.3, 0.4) is 0 Å². The Labute approximate surface area is 132 Å². The van der Waals surface area contributed by atoms with Gasteiger partial charge in [0.15, 0.2) is 0 Å². The fourth-order valence-electron chi connectivity index (χ4n) is 2.39. The third kappa shape index (κ3) is 4.19. The van der Waals surface area contributed by atoms with Crippen LogP contribution in [-0.2, 0) is 21.4 Å². The monoisotopic (exact) mass is 331 g/mol. The zero-order chi connectivity index (χ0) is 15.5. The van der Waals surface area contributed by atoms with Crippen molar-refractivity contribution in [2.45, 2.75) is 44.6 Å². The third-order valence-corrected chi connectivity index (χ3v) is 6.34. The molecule has 0 aliphatic carbocycles. The Hall–Kier alpha value is -0.620. The Morgan fingerprint density at radius 2 is 2.10 bits per heavy atom. The standard InChI is InChI=1S/C15H22ClNO3S/c1-12(2)21(18,19)17-9-5-7-14(10-17)20-11-13-6-3-4-8-15(13)16/h3-4,6,8,12,14H,5,7,9-11H2,1-2H3. The molecule has 0 N–H and O–H groups in total. The minimum absolute atomic E-state index is 0.0662. The average Bonchev–Trinajstić information content (AvgIpc) is 2.46. The van der Waals surface area contributed by atoms with Gasteiger partial charge in [-0.25, -0.2) is 8.42 Å². The minimum Gasteiger partial charge on any atom is -0.372 e. The second-order valence-corrected chi connectivity index (χ2v) is 8.51. The summed E-state index contributed by atoms with van der Waals surface area (Å²) in [4.78, 5) is 0. The average molecular weight is 332 g/mol. The molecule has 0 bridgehead atoms. The van der Waals surface area contributed by atoms with Crippen molar-refractivity contribution in [2.75, 3.05) is 13.1 Å². The summed E-state index contributed by atoms with van der Waals surface area (Å²) in [6.07, 6.45) is 1.65. The molecule has 2 rings (SSSR count). The number of rotatable bonds is 5. The van der Waals surface area contributed by atoms with Crippen molar-refractivity contribution in [1.29, 1.82) is 0 Å². The summed E-state index contributed by atoms with van der Waals surface area (Å²) >= 11 is 6.10. The first kappa shape index (κ1) is 16.7. The Balaban J connectivity index is 1.95. The molecule has 4 nitrogen and oxygen atoms in total. The van der Waals surface area contributed by atoms with E-state index < -0.39 is 10.0 Å². The van der Waals surface area contributed by atoms with Crippen LogP contribution >= 0.6 is 11.6 Å². The summed E-state index contributed by atoms with van der Waals surface area (Å²) < 4.78 is 31.8. The van der Waals surface area contributed by atoms with Crippen molar-refractivity contribution in [3.05, 3.63) is 34.9 Å². The fraction of sp³-hybridized carbons (Fsp3) is 0.600. The summed E-state index contributed by atoms with van der Waals surface area (Å²) in [7, 11) is -3.20. The molecule has 1 saturated heterocycles. The van der Waals surface area contributed by atoms with Gasteiger partial charge in [-0.15, -0.1) is 0 Å². The molecular formula is C15H22ClNO3S. The van der Waals surface area contributed by atoms with E-state index >= 15 is 0 Å². The number of hydrogen-bond acceptors (Lipinski definition) is 3. The molecule has 0 spiro atoms. The van der Waals surface area contributed by atoms with Crippen LogP contribution < -0.4 is 0 Å². The number of benzene rings is 1. The molecule has 0 aromatic heterocycles. The van der Waals surface area contributed by atoms with Gasteiger partial charge in [-0.3, -0.25) is 0 Å².